The predicted octanol–water partition coefficient (Wildman–Crippen LogP) is 1.38. The second kappa shape index (κ2) is 4.29. The highest BCUT2D eigenvalue weighted by molar-refractivity contribution is 6.35. The number of rotatable bonds is 3. The van der Waals surface area contributed by atoms with E-state index < -0.39 is 0 Å². The van der Waals surface area contributed by atoms with E-state index in [0.717, 1.165) is 6.61 Å². The van der Waals surface area contributed by atoms with Crippen LogP contribution in [0.4, 0.5) is 0 Å². The topological polar surface area (TPSA) is 18.5 Å². The Kier molecular flexibility index (Phi) is 3.60. The Labute approximate surface area is 75.9 Å². The molecule has 1 aliphatic rings. The molecule has 1 fully saturated rings. The standard InChI is InChI=1S/C9H18BO2/c1-6-7(2)9(10-3)12-8(6)5-11-4/h6-9H,5H2,1-4H3/t6?,7?,8-,9-/m1/s1. The van der Waals surface area contributed by atoms with Crippen LogP contribution in [0, 0.1) is 11.8 Å². The van der Waals surface area contributed by atoms with Crippen molar-refractivity contribution in [1.29, 1.82) is 0 Å². The van der Waals surface area contributed by atoms with E-state index in [4.69, 9.17) is 9.47 Å². The largest absolute Gasteiger partial charge is 0.382 e. The molecule has 4 atom stereocenters. The van der Waals surface area contributed by atoms with E-state index in [1.807, 2.05) is 0 Å². The molecule has 1 heterocycles. The number of hydrogen-bond acceptors (Lipinski definition) is 2. The summed E-state index contributed by atoms with van der Waals surface area (Å²) in [7, 11) is 3.86. The Morgan fingerprint density at radius 2 is 2.00 bits per heavy atom. The third kappa shape index (κ3) is 1.83. The van der Waals surface area contributed by atoms with Crippen molar-refractivity contribution >= 4 is 7.28 Å². The number of methoxy groups -OCH3 is 1. The molecule has 2 nitrogen and oxygen atoms in total. The van der Waals surface area contributed by atoms with Gasteiger partial charge in [0, 0.05) is 13.1 Å². The summed E-state index contributed by atoms with van der Waals surface area (Å²) in [5.74, 6) is 1.22. The van der Waals surface area contributed by atoms with Crippen LogP contribution < -0.4 is 0 Å². The maximum absolute atomic E-state index is 5.79. The minimum Gasteiger partial charge on any atom is -0.382 e. The second-order valence-electron chi connectivity index (χ2n) is 3.65. The molecule has 1 rings (SSSR count). The quantitative estimate of drug-likeness (QED) is 0.594. The summed E-state index contributed by atoms with van der Waals surface area (Å²) >= 11 is 0. The third-order valence-electron chi connectivity index (χ3n) is 2.93. The lowest BCUT2D eigenvalue weighted by Gasteiger charge is -2.14. The van der Waals surface area contributed by atoms with Gasteiger partial charge in [-0.05, 0) is 11.8 Å². The lowest BCUT2D eigenvalue weighted by atomic mass is 9.67. The highest BCUT2D eigenvalue weighted by atomic mass is 16.5. The van der Waals surface area contributed by atoms with Gasteiger partial charge < -0.3 is 9.47 Å². The molecule has 0 saturated carbocycles. The van der Waals surface area contributed by atoms with Crippen LogP contribution in [0.25, 0.3) is 0 Å². The minimum absolute atomic E-state index is 0.284. The van der Waals surface area contributed by atoms with Crippen LogP contribution in [0.1, 0.15) is 13.8 Å². The Hall–Kier alpha value is -0.0151. The summed E-state index contributed by atoms with van der Waals surface area (Å²) in [5, 5.41) is 0. The molecule has 2 unspecified atom stereocenters. The smallest absolute Gasteiger partial charge is 0.146 e. The van der Waals surface area contributed by atoms with Crippen molar-refractivity contribution in [3.63, 3.8) is 0 Å². The van der Waals surface area contributed by atoms with Gasteiger partial charge in [0.05, 0.1) is 12.7 Å². The van der Waals surface area contributed by atoms with Crippen LogP contribution in [0.15, 0.2) is 0 Å². The first-order chi connectivity index (χ1) is 5.70. The first-order valence-electron chi connectivity index (χ1n) is 4.64. The Morgan fingerprint density at radius 1 is 1.33 bits per heavy atom. The van der Waals surface area contributed by atoms with Gasteiger partial charge in [0.2, 0.25) is 0 Å². The summed E-state index contributed by atoms with van der Waals surface area (Å²) < 4.78 is 10.9. The van der Waals surface area contributed by atoms with E-state index in [1.165, 1.54) is 0 Å². The van der Waals surface area contributed by atoms with Gasteiger partial charge in [-0.2, -0.15) is 0 Å². The highest BCUT2D eigenvalue weighted by Gasteiger charge is 2.37. The van der Waals surface area contributed by atoms with Gasteiger partial charge in [-0.1, -0.05) is 20.7 Å². The molecule has 0 aromatic rings. The summed E-state index contributed by atoms with van der Waals surface area (Å²) in [5.41, 5.74) is 0. The van der Waals surface area contributed by atoms with Crippen LogP contribution in [-0.4, -0.2) is 33.1 Å². The summed E-state index contributed by atoms with van der Waals surface area (Å²) in [4.78, 5) is 0. The molecule has 3 heteroatoms. The zero-order chi connectivity index (χ0) is 9.14. The monoisotopic (exact) mass is 169 g/mol. The van der Waals surface area contributed by atoms with Crippen molar-refractivity contribution < 1.29 is 9.47 Å². The first-order valence-corrected chi connectivity index (χ1v) is 4.64. The van der Waals surface area contributed by atoms with Gasteiger partial charge in [-0.25, -0.2) is 0 Å². The van der Waals surface area contributed by atoms with E-state index in [-0.39, 0.29) is 6.10 Å². The number of hydrogen-bond donors (Lipinski definition) is 0. The fourth-order valence-corrected chi connectivity index (χ4v) is 1.82. The Bertz CT molecular complexity index is 140. The van der Waals surface area contributed by atoms with Crippen LogP contribution in [0.3, 0.4) is 0 Å². The lowest BCUT2D eigenvalue weighted by molar-refractivity contribution is 0.0108. The molecule has 0 bridgehead atoms. The zero-order valence-electron chi connectivity index (χ0n) is 8.41. The fourth-order valence-electron chi connectivity index (χ4n) is 1.82. The molecule has 69 valence electrons. The van der Waals surface area contributed by atoms with Crippen LogP contribution >= 0.6 is 0 Å². The Morgan fingerprint density at radius 3 is 2.42 bits per heavy atom. The molecular formula is C9H18BO2. The van der Waals surface area contributed by atoms with E-state index in [9.17, 15) is 0 Å². The van der Waals surface area contributed by atoms with Crippen molar-refractivity contribution in [1.82, 2.24) is 0 Å². The average Bonchev–Trinajstić information content (AvgIpc) is 2.33. The molecule has 0 N–H and O–H groups in total. The molecule has 1 saturated heterocycles. The van der Waals surface area contributed by atoms with Gasteiger partial charge in [0.15, 0.2) is 0 Å². The predicted molar refractivity (Wildman–Crippen MR) is 50.5 cm³/mol. The van der Waals surface area contributed by atoms with Crippen LogP contribution in [-0.2, 0) is 9.47 Å². The average molecular weight is 169 g/mol. The molecule has 0 aromatic heterocycles. The molecule has 1 aliphatic heterocycles. The van der Waals surface area contributed by atoms with Crippen molar-refractivity contribution in [3.05, 3.63) is 0 Å². The molecule has 12 heavy (non-hydrogen) atoms. The highest BCUT2D eigenvalue weighted by Crippen LogP contribution is 2.31. The summed E-state index contributed by atoms with van der Waals surface area (Å²) in [6.45, 7) is 7.25. The molecular weight excluding hydrogens is 151 g/mol. The SMILES string of the molecule is C[B][C@@H]1O[C@H](COC)C(C)C1C. The van der Waals surface area contributed by atoms with Gasteiger partial charge >= 0.3 is 0 Å². The summed E-state index contributed by atoms with van der Waals surface area (Å²) in [6, 6.07) is 0.320. The lowest BCUT2D eigenvalue weighted by Crippen LogP contribution is -2.21. The van der Waals surface area contributed by atoms with E-state index in [0.29, 0.717) is 17.8 Å². The van der Waals surface area contributed by atoms with Gasteiger partial charge in [0.25, 0.3) is 0 Å². The van der Waals surface area contributed by atoms with Crippen LogP contribution in [0.2, 0.25) is 6.82 Å². The van der Waals surface area contributed by atoms with Gasteiger partial charge in [-0.3, -0.25) is 0 Å². The fraction of sp³-hybridized carbons (Fsp3) is 1.00. The van der Waals surface area contributed by atoms with Gasteiger partial charge in [0.1, 0.15) is 7.28 Å². The molecule has 1 radical (unpaired) electrons. The van der Waals surface area contributed by atoms with Gasteiger partial charge in [-0.15, -0.1) is 0 Å². The first kappa shape index (κ1) is 10.1. The molecule has 0 aromatic carbocycles. The minimum atomic E-state index is 0.284. The zero-order valence-corrected chi connectivity index (χ0v) is 8.41. The third-order valence-corrected chi connectivity index (χ3v) is 2.93. The normalized spacial score (nSPS) is 41.7. The molecule has 0 aliphatic carbocycles. The van der Waals surface area contributed by atoms with Crippen molar-refractivity contribution in [2.75, 3.05) is 13.7 Å². The van der Waals surface area contributed by atoms with Crippen molar-refractivity contribution in [2.24, 2.45) is 11.8 Å². The molecule has 0 amide bonds. The Balaban J connectivity index is 2.48. The van der Waals surface area contributed by atoms with Crippen molar-refractivity contribution in [2.45, 2.75) is 32.8 Å². The van der Waals surface area contributed by atoms with Crippen LogP contribution in [0.5, 0.6) is 0 Å². The molecule has 0 spiro atoms. The number of ether oxygens (including phenoxy) is 2. The van der Waals surface area contributed by atoms with Crippen molar-refractivity contribution in [3.8, 4) is 0 Å². The van der Waals surface area contributed by atoms with E-state index >= 15 is 0 Å². The van der Waals surface area contributed by atoms with E-state index in [2.05, 4.69) is 28.0 Å². The summed E-state index contributed by atoms with van der Waals surface area (Å²) in [6.07, 6.45) is 0.284. The maximum Gasteiger partial charge on any atom is 0.146 e. The maximum atomic E-state index is 5.79. The van der Waals surface area contributed by atoms with E-state index in [1.54, 1.807) is 7.11 Å². The second-order valence-corrected chi connectivity index (χ2v) is 3.65.